The summed E-state index contributed by atoms with van der Waals surface area (Å²) in [7, 11) is 1.71. The minimum Gasteiger partial charge on any atom is -0.375 e. The van der Waals surface area contributed by atoms with Gasteiger partial charge in [0.1, 0.15) is 0 Å². The lowest BCUT2D eigenvalue weighted by Gasteiger charge is -2.14. The van der Waals surface area contributed by atoms with Crippen molar-refractivity contribution in [3.63, 3.8) is 0 Å². The van der Waals surface area contributed by atoms with E-state index in [1.54, 1.807) is 13.3 Å². The van der Waals surface area contributed by atoms with Gasteiger partial charge in [-0.05, 0) is 31.5 Å². The Hall–Kier alpha value is -1.61. The molecule has 1 atom stereocenters. The van der Waals surface area contributed by atoms with E-state index in [2.05, 4.69) is 24.2 Å². The topological polar surface area (TPSA) is 27.1 Å². The molecule has 0 spiro atoms. The molecule has 2 aromatic rings. The van der Waals surface area contributed by atoms with Crippen LogP contribution >= 0.6 is 0 Å². The number of nitrogens with zero attached hydrogens (tertiary/aromatic N) is 2. The average molecular weight is 216 g/mol. The Labute approximate surface area is 95.7 Å². The van der Waals surface area contributed by atoms with Gasteiger partial charge in [0.25, 0.3) is 0 Å². The van der Waals surface area contributed by atoms with Crippen LogP contribution in [0.2, 0.25) is 0 Å². The fourth-order valence-corrected chi connectivity index (χ4v) is 1.74. The van der Waals surface area contributed by atoms with E-state index in [1.165, 1.54) is 5.56 Å². The molecule has 0 aliphatic heterocycles. The minimum atomic E-state index is 0.0436. The fraction of sp³-hybridized carbons (Fsp3) is 0.308. The molecular weight excluding hydrogens is 200 g/mol. The van der Waals surface area contributed by atoms with Crippen LogP contribution in [0.15, 0.2) is 36.5 Å². The number of hydrogen-bond acceptors (Lipinski definition) is 2. The van der Waals surface area contributed by atoms with Gasteiger partial charge >= 0.3 is 0 Å². The van der Waals surface area contributed by atoms with E-state index in [0.717, 1.165) is 11.4 Å². The lowest BCUT2D eigenvalue weighted by Crippen LogP contribution is -2.07. The Bertz CT molecular complexity index is 476. The molecular formula is C13H16N2O. The van der Waals surface area contributed by atoms with Gasteiger partial charge in [0.05, 0.1) is 17.5 Å². The highest BCUT2D eigenvalue weighted by Crippen LogP contribution is 2.21. The summed E-state index contributed by atoms with van der Waals surface area (Å²) in [6.07, 6.45) is 1.85. The molecule has 1 aromatic heterocycles. The number of methoxy groups -OCH3 is 1. The van der Waals surface area contributed by atoms with E-state index < -0.39 is 0 Å². The fourth-order valence-electron chi connectivity index (χ4n) is 1.74. The molecule has 0 fully saturated rings. The molecule has 0 radical (unpaired) electrons. The number of aryl methyl sites for hydroxylation is 1. The molecule has 0 amide bonds. The Kier molecular flexibility index (Phi) is 3.06. The van der Waals surface area contributed by atoms with E-state index in [9.17, 15) is 0 Å². The second-order valence-corrected chi connectivity index (χ2v) is 3.83. The second kappa shape index (κ2) is 4.49. The Morgan fingerprint density at radius 2 is 2.00 bits per heavy atom. The Morgan fingerprint density at radius 1 is 1.25 bits per heavy atom. The van der Waals surface area contributed by atoms with Crippen LogP contribution in [-0.4, -0.2) is 16.9 Å². The molecule has 16 heavy (non-hydrogen) atoms. The van der Waals surface area contributed by atoms with Crippen LogP contribution in [0.3, 0.4) is 0 Å². The number of ether oxygens (including phenoxy) is 1. The molecule has 0 saturated carbocycles. The smallest absolute Gasteiger partial charge is 0.0964 e. The first-order valence-corrected chi connectivity index (χ1v) is 5.36. The van der Waals surface area contributed by atoms with Crippen LogP contribution in [0.4, 0.5) is 0 Å². The zero-order valence-electron chi connectivity index (χ0n) is 9.84. The van der Waals surface area contributed by atoms with Gasteiger partial charge < -0.3 is 4.74 Å². The van der Waals surface area contributed by atoms with Crippen molar-refractivity contribution in [1.29, 1.82) is 0 Å². The Balaban J connectivity index is 2.49. The zero-order chi connectivity index (χ0) is 11.5. The SMILES string of the molecule is COC(C)c1ccnn1-c1ccccc1C. The van der Waals surface area contributed by atoms with Crippen molar-refractivity contribution in [2.75, 3.05) is 7.11 Å². The van der Waals surface area contributed by atoms with Gasteiger partial charge in [-0.15, -0.1) is 0 Å². The molecule has 0 bridgehead atoms. The normalized spacial score (nSPS) is 12.7. The third kappa shape index (κ3) is 1.86. The first kappa shape index (κ1) is 10.9. The van der Waals surface area contributed by atoms with Crippen LogP contribution in [-0.2, 0) is 4.74 Å². The number of benzene rings is 1. The number of aromatic nitrogens is 2. The maximum absolute atomic E-state index is 5.34. The third-order valence-corrected chi connectivity index (χ3v) is 2.79. The minimum absolute atomic E-state index is 0.0436. The van der Waals surface area contributed by atoms with Gasteiger partial charge in [0.2, 0.25) is 0 Å². The quantitative estimate of drug-likeness (QED) is 0.788. The molecule has 84 valence electrons. The maximum atomic E-state index is 5.34. The summed E-state index contributed by atoms with van der Waals surface area (Å²) in [6.45, 7) is 4.10. The monoisotopic (exact) mass is 216 g/mol. The van der Waals surface area contributed by atoms with E-state index >= 15 is 0 Å². The molecule has 0 saturated heterocycles. The van der Waals surface area contributed by atoms with Crippen molar-refractivity contribution in [2.45, 2.75) is 20.0 Å². The predicted molar refractivity (Wildman–Crippen MR) is 63.7 cm³/mol. The Morgan fingerprint density at radius 3 is 2.69 bits per heavy atom. The van der Waals surface area contributed by atoms with Crippen molar-refractivity contribution >= 4 is 0 Å². The van der Waals surface area contributed by atoms with Gasteiger partial charge in [-0.3, -0.25) is 0 Å². The number of rotatable bonds is 3. The van der Waals surface area contributed by atoms with E-state index in [0.29, 0.717) is 0 Å². The van der Waals surface area contributed by atoms with Crippen LogP contribution in [0.1, 0.15) is 24.3 Å². The lowest BCUT2D eigenvalue weighted by molar-refractivity contribution is 0.114. The summed E-state index contributed by atoms with van der Waals surface area (Å²) in [5.74, 6) is 0. The van der Waals surface area contributed by atoms with Gasteiger partial charge in [-0.1, -0.05) is 18.2 Å². The molecule has 0 aliphatic carbocycles. The van der Waals surface area contributed by atoms with Crippen molar-refractivity contribution in [3.05, 3.63) is 47.8 Å². The molecule has 1 unspecified atom stereocenters. The first-order valence-electron chi connectivity index (χ1n) is 5.36. The molecule has 3 heteroatoms. The first-order chi connectivity index (χ1) is 7.74. The summed E-state index contributed by atoms with van der Waals surface area (Å²) in [5, 5.41) is 4.35. The number of para-hydroxylation sites is 1. The molecule has 3 nitrogen and oxygen atoms in total. The largest absolute Gasteiger partial charge is 0.375 e. The van der Waals surface area contributed by atoms with Crippen molar-refractivity contribution in [3.8, 4) is 5.69 Å². The number of hydrogen-bond donors (Lipinski definition) is 0. The summed E-state index contributed by atoms with van der Waals surface area (Å²) in [4.78, 5) is 0. The second-order valence-electron chi connectivity index (χ2n) is 3.83. The van der Waals surface area contributed by atoms with E-state index in [-0.39, 0.29) is 6.10 Å². The van der Waals surface area contributed by atoms with Crippen molar-refractivity contribution in [2.24, 2.45) is 0 Å². The maximum Gasteiger partial charge on any atom is 0.0964 e. The van der Waals surface area contributed by atoms with Crippen LogP contribution in [0, 0.1) is 6.92 Å². The summed E-state index contributed by atoms with van der Waals surface area (Å²) in [5.41, 5.74) is 3.37. The molecule has 1 heterocycles. The highest BCUT2D eigenvalue weighted by Gasteiger charge is 2.12. The van der Waals surface area contributed by atoms with Crippen molar-refractivity contribution in [1.82, 2.24) is 9.78 Å². The third-order valence-electron chi connectivity index (χ3n) is 2.79. The summed E-state index contributed by atoms with van der Waals surface area (Å²) >= 11 is 0. The van der Waals surface area contributed by atoms with Gasteiger partial charge in [-0.25, -0.2) is 4.68 Å². The molecule has 2 rings (SSSR count). The predicted octanol–water partition coefficient (Wildman–Crippen LogP) is 2.89. The van der Waals surface area contributed by atoms with Crippen molar-refractivity contribution < 1.29 is 4.74 Å². The average Bonchev–Trinajstić information content (AvgIpc) is 2.77. The van der Waals surface area contributed by atoms with E-state index in [1.807, 2.05) is 29.8 Å². The molecule has 1 aromatic carbocycles. The summed E-state index contributed by atoms with van der Waals surface area (Å²) < 4.78 is 7.27. The van der Waals surface area contributed by atoms with E-state index in [4.69, 9.17) is 4.74 Å². The highest BCUT2D eigenvalue weighted by atomic mass is 16.5. The molecule has 0 N–H and O–H groups in total. The van der Waals surface area contributed by atoms with Crippen LogP contribution in [0.25, 0.3) is 5.69 Å². The van der Waals surface area contributed by atoms with Gasteiger partial charge in [-0.2, -0.15) is 5.10 Å². The van der Waals surface area contributed by atoms with Crippen LogP contribution < -0.4 is 0 Å². The highest BCUT2D eigenvalue weighted by molar-refractivity contribution is 5.40. The van der Waals surface area contributed by atoms with Gasteiger partial charge in [0.15, 0.2) is 0 Å². The zero-order valence-corrected chi connectivity index (χ0v) is 9.84. The summed E-state index contributed by atoms with van der Waals surface area (Å²) in [6, 6.07) is 10.2. The lowest BCUT2D eigenvalue weighted by atomic mass is 10.2. The van der Waals surface area contributed by atoms with Crippen LogP contribution in [0.5, 0.6) is 0 Å². The van der Waals surface area contributed by atoms with Gasteiger partial charge in [0, 0.05) is 13.3 Å². The molecule has 0 aliphatic rings. The standard InChI is InChI=1S/C13H16N2O/c1-10-6-4-5-7-12(10)15-13(8-9-14-15)11(2)16-3/h4-9,11H,1-3H3.